The van der Waals surface area contributed by atoms with Crippen LogP contribution in [0.1, 0.15) is 40.4 Å². The molecule has 0 N–H and O–H groups in total. The molecule has 0 aliphatic heterocycles. The standard InChI is InChI=1S/C7H14/c1-7-5-3-2-4-6-7/h7H,2-6H2,1H3/i7D. The summed E-state index contributed by atoms with van der Waals surface area (Å²) in [5.41, 5.74) is 0. The van der Waals surface area contributed by atoms with Crippen LogP contribution in [0.4, 0.5) is 0 Å². The van der Waals surface area contributed by atoms with Crippen molar-refractivity contribution in [2.24, 2.45) is 5.89 Å². The Kier molecular flexibility index (Phi) is 1.32. The van der Waals surface area contributed by atoms with E-state index in [1.807, 2.05) is 6.92 Å². The minimum atomic E-state index is -0.0712. The molecule has 0 spiro atoms. The van der Waals surface area contributed by atoms with Crippen molar-refractivity contribution in [3.8, 4) is 0 Å². The first kappa shape index (κ1) is 3.94. The van der Waals surface area contributed by atoms with E-state index in [9.17, 15) is 0 Å². The highest BCUT2D eigenvalue weighted by Gasteiger charge is 2.05. The Hall–Kier alpha value is 0. The van der Waals surface area contributed by atoms with Gasteiger partial charge in [-0.05, 0) is 5.89 Å². The van der Waals surface area contributed by atoms with Gasteiger partial charge in [-0.1, -0.05) is 39.0 Å². The highest BCUT2D eigenvalue weighted by atomic mass is 14.1. The lowest BCUT2D eigenvalue weighted by atomic mass is 9.91. The van der Waals surface area contributed by atoms with Crippen LogP contribution in [0.2, 0.25) is 0 Å². The van der Waals surface area contributed by atoms with E-state index in [0.717, 1.165) is 12.8 Å². The van der Waals surface area contributed by atoms with Gasteiger partial charge in [-0.25, -0.2) is 0 Å². The monoisotopic (exact) mass is 99.1 g/mol. The molecule has 1 aliphatic carbocycles. The Morgan fingerprint density at radius 3 is 2.14 bits per heavy atom. The molecule has 0 heteroatoms. The minimum Gasteiger partial charge on any atom is -0.0625 e. The van der Waals surface area contributed by atoms with Gasteiger partial charge in [0.05, 0.1) is 0 Å². The summed E-state index contributed by atoms with van der Waals surface area (Å²) in [6, 6.07) is 0. The van der Waals surface area contributed by atoms with Gasteiger partial charge in [-0.3, -0.25) is 0 Å². The number of hydrogen-bond acceptors (Lipinski definition) is 0. The second-order valence-electron chi connectivity index (χ2n) is 2.52. The van der Waals surface area contributed by atoms with Crippen LogP contribution in [0.15, 0.2) is 0 Å². The average Bonchev–Trinajstić information content (AvgIpc) is 1.65. The third-order valence-electron chi connectivity index (χ3n) is 1.71. The van der Waals surface area contributed by atoms with Crippen molar-refractivity contribution in [2.45, 2.75) is 39.0 Å². The molecule has 0 atom stereocenters. The zero-order valence-electron chi connectivity index (χ0n) is 6.04. The Labute approximate surface area is 47.3 Å². The van der Waals surface area contributed by atoms with E-state index < -0.39 is 0 Å². The van der Waals surface area contributed by atoms with E-state index in [1.165, 1.54) is 19.3 Å². The third kappa shape index (κ3) is 1.50. The maximum atomic E-state index is 7.63. The van der Waals surface area contributed by atoms with Crippen molar-refractivity contribution in [3.63, 3.8) is 0 Å². The first-order valence-electron chi connectivity index (χ1n) is 3.71. The topological polar surface area (TPSA) is 0 Å². The van der Waals surface area contributed by atoms with Crippen LogP contribution in [0.3, 0.4) is 0 Å². The van der Waals surface area contributed by atoms with Crippen LogP contribution in [0, 0.1) is 5.89 Å². The van der Waals surface area contributed by atoms with Gasteiger partial charge in [0.2, 0.25) is 0 Å². The van der Waals surface area contributed by atoms with Crippen molar-refractivity contribution in [2.75, 3.05) is 0 Å². The number of hydrogen-bond donors (Lipinski definition) is 0. The van der Waals surface area contributed by atoms with E-state index in [1.54, 1.807) is 0 Å². The lowest BCUT2D eigenvalue weighted by molar-refractivity contribution is 0.385. The predicted molar refractivity (Wildman–Crippen MR) is 32.2 cm³/mol. The summed E-state index contributed by atoms with van der Waals surface area (Å²) in [7, 11) is 0. The maximum Gasteiger partial charge on any atom is 0.0300 e. The van der Waals surface area contributed by atoms with Gasteiger partial charge in [0.15, 0.2) is 0 Å². The summed E-state index contributed by atoms with van der Waals surface area (Å²) >= 11 is 0. The summed E-state index contributed by atoms with van der Waals surface area (Å²) in [6.07, 6.45) is 6.15. The van der Waals surface area contributed by atoms with Gasteiger partial charge < -0.3 is 0 Å². The molecule has 0 aromatic rings. The van der Waals surface area contributed by atoms with Crippen LogP contribution in [0.5, 0.6) is 0 Å². The van der Waals surface area contributed by atoms with E-state index in [4.69, 9.17) is 1.37 Å². The molecule has 7 heavy (non-hydrogen) atoms. The zero-order valence-corrected chi connectivity index (χ0v) is 5.04. The SMILES string of the molecule is [2H]C1(C)CCCCC1. The fourth-order valence-electron chi connectivity index (χ4n) is 1.16. The number of rotatable bonds is 0. The molecular formula is C7H14. The van der Waals surface area contributed by atoms with Crippen molar-refractivity contribution < 1.29 is 1.37 Å². The molecule has 0 aromatic carbocycles. The molecular weight excluding hydrogens is 84.1 g/mol. The van der Waals surface area contributed by atoms with E-state index in [2.05, 4.69) is 0 Å². The van der Waals surface area contributed by atoms with E-state index in [-0.39, 0.29) is 5.89 Å². The van der Waals surface area contributed by atoms with Crippen molar-refractivity contribution in [1.29, 1.82) is 0 Å². The third-order valence-corrected chi connectivity index (χ3v) is 1.71. The summed E-state index contributed by atoms with van der Waals surface area (Å²) in [6.45, 7) is 2.05. The fourth-order valence-corrected chi connectivity index (χ4v) is 1.16. The Bertz CT molecular complexity index is 68.5. The van der Waals surface area contributed by atoms with Gasteiger partial charge >= 0.3 is 0 Å². The molecule has 1 saturated carbocycles. The molecule has 0 unspecified atom stereocenters. The van der Waals surface area contributed by atoms with Crippen LogP contribution >= 0.6 is 0 Å². The van der Waals surface area contributed by atoms with Crippen LogP contribution in [-0.4, -0.2) is 0 Å². The van der Waals surface area contributed by atoms with E-state index >= 15 is 0 Å². The molecule has 0 heterocycles. The van der Waals surface area contributed by atoms with Crippen molar-refractivity contribution >= 4 is 0 Å². The summed E-state index contributed by atoms with van der Waals surface area (Å²) < 4.78 is 7.63. The molecule has 0 bridgehead atoms. The average molecular weight is 99.2 g/mol. The van der Waals surface area contributed by atoms with Gasteiger partial charge in [-0.2, -0.15) is 0 Å². The van der Waals surface area contributed by atoms with Gasteiger partial charge in [0.25, 0.3) is 0 Å². The van der Waals surface area contributed by atoms with Crippen LogP contribution in [-0.2, 0) is 0 Å². The van der Waals surface area contributed by atoms with Gasteiger partial charge in [0, 0.05) is 1.37 Å². The molecule has 1 aliphatic rings. The molecule has 1 rings (SSSR count). The Morgan fingerprint density at radius 2 is 1.86 bits per heavy atom. The van der Waals surface area contributed by atoms with Gasteiger partial charge in [-0.15, -0.1) is 0 Å². The highest BCUT2D eigenvalue weighted by molar-refractivity contribution is 4.59. The highest BCUT2D eigenvalue weighted by Crippen LogP contribution is 2.21. The summed E-state index contributed by atoms with van der Waals surface area (Å²) in [5.74, 6) is -0.0712. The zero-order chi connectivity index (χ0) is 6.04. The first-order chi connectivity index (χ1) is 3.71. The molecule has 0 amide bonds. The quantitative estimate of drug-likeness (QED) is 0.438. The normalized spacial score (nSPS) is 31.9. The largest absolute Gasteiger partial charge is 0.0625 e. The summed E-state index contributed by atoms with van der Waals surface area (Å²) in [5, 5.41) is 0. The van der Waals surface area contributed by atoms with Crippen LogP contribution in [0.25, 0.3) is 0 Å². The minimum absolute atomic E-state index is 0.0712. The molecule has 0 nitrogen and oxygen atoms in total. The smallest absolute Gasteiger partial charge is 0.0300 e. The fraction of sp³-hybridized carbons (Fsp3) is 1.00. The molecule has 0 saturated heterocycles. The first-order valence-corrected chi connectivity index (χ1v) is 3.21. The van der Waals surface area contributed by atoms with E-state index in [0.29, 0.717) is 0 Å². The molecule has 0 radical (unpaired) electrons. The van der Waals surface area contributed by atoms with Crippen molar-refractivity contribution in [1.82, 2.24) is 0 Å². The second kappa shape index (κ2) is 2.34. The Balaban J connectivity index is 2.33. The van der Waals surface area contributed by atoms with Crippen molar-refractivity contribution in [3.05, 3.63) is 0 Å². The molecule has 1 fully saturated rings. The van der Waals surface area contributed by atoms with Crippen LogP contribution < -0.4 is 0 Å². The maximum absolute atomic E-state index is 7.63. The second-order valence-corrected chi connectivity index (χ2v) is 2.52. The van der Waals surface area contributed by atoms with Gasteiger partial charge in [0.1, 0.15) is 0 Å². The lowest BCUT2D eigenvalue weighted by Crippen LogP contribution is -1.99. The lowest BCUT2D eigenvalue weighted by Gasteiger charge is -2.15. The molecule has 0 aromatic heterocycles. The predicted octanol–water partition coefficient (Wildman–Crippen LogP) is 2.59. The molecule has 42 valence electrons. The summed E-state index contributed by atoms with van der Waals surface area (Å²) in [4.78, 5) is 0. The Morgan fingerprint density at radius 1 is 1.29 bits per heavy atom.